The first-order chi connectivity index (χ1) is 8.58. The Labute approximate surface area is 111 Å². The monoisotopic (exact) mass is 268 g/mol. The predicted molar refractivity (Wildman–Crippen MR) is 74.7 cm³/mol. The summed E-state index contributed by atoms with van der Waals surface area (Å²) in [5, 5.41) is 0. The number of ketones is 1. The van der Waals surface area contributed by atoms with E-state index in [1.54, 1.807) is 18.2 Å². The molecule has 0 aliphatic carbocycles. The number of hydrogen-bond acceptors (Lipinski definition) is 3. The average Bonchev–Trinajstić information content (AvgIpc) is 2.38. The molecule has 3 nitrogen and oxygen atoms in total. The minimum absolute atomic E-state index is 0.0741. The van der Waals surface area contributed by atoms with Gasteiger partial charge in [0.2, 0.25) is 0 Å². The van der Waals surface area contributed by atoms with Gasteiger partial charge in [-0.25, -0.2) is 0 Å². The van der Waals surface area contributed by atoms with Crippen LogP contribution in [0.3, 0.4) is 0 Å². The van der Waals surface area contributed by atoms with E-state index in [0.717, 1.165) is 6.42 Å². The molecule has 1 aromatic carbocycles. The van der Waals surface area contributed by atoms with Gasteiger partial charge in [0, 0.05) is 16.6 Å². The second-order valence-electron chi connectivity index (χ2n) is 4.39. The Kier molecular flexibility index (Phi) is 6.05. The molecule has 4 heteroatoms. The van der Waals surface area contributed by atoms with E-state index in [1.807, 2.05) is 13.0 Å². The van der Waals surface area contributed by atoms with Crippen LogP contribution in [0.1, 0.15) is 30.6 Å². The van der Waals surface area contributed by atoms with Crippen molar-refractivity contribution in [1.82, 2.24) is 0 Å². The van der Waals surface area contributed by atoms with Gasteiger partial charge in [-0.15, -0.1) is 0 Å². The number of carbonyl (C=O) groups is 1. The standard InChI is InChI=1S/C14H20O3S/c1-4-11(2)9-18(16)10-13(15)12-7-5-6-8-14(12)17-3/h5-8,11H,4,9-10H2,1-3H3. The van der Waals surface area contributed by atoms with Crippen LogP contribution < -0.4 is 4.74 Å². The fourth-order valence-corrected chi connectivity index (χ4v) is 3.03. The van der Waals surface area contributed by atoms with E-state index in [0.29, 0.717) is 23.0 Å². The molecule has 0 aliphatic heterocycles. The van der Waals surface area contributed by atoms with Gasteiger partial charge in [0.15, 0.2) is 5.78 Å². The summed E-state index contributed by atoms with van der Waals surface area (Å²) >= 11 is 0. The third-order valence-corrected chi connectivity index (χ3v) is 4.39. The maximum absolute atomic E-state index is 12.0. The van der Waals surface area contributed by atoms with E-state index in [4.69, 9.17) is 4.74 Å². The summed E-state index contributed by atoms with van der Waals surface area (Å²) in [5.74, 6) is 1.47. The fourth-order valence-electron chi connectivity index (χ4n) is 1.59. The fraction of sp³-hybridized carbons (Fsp3) is 0.500. The van der Waals surface area contributed by atoms with Crippen molar-refractivity contribution in [3.05, 3.63) is 29.8 Å². The summed E-state index contributed by atoms with van der Waals surface area (Å²) in [6, 6.07) is 7.05. The zero-order chi connectivity index (χ0) is 13.5. The Morgan fingerprint density at radius 3 is 2.67 bits per heavy atom. The summed E-state index contributed by atoms with van der Waals surface area (Å²) in [7, 11) is 0.434. The molecule has 18 heavy (non-hydrogen) atoms. The molecule has 1 aromatic rings. The molecule has 0 radical (unpaired) electrons. The number of para-hydroxylation sites is 1. The van der Waals surface area contributed by atoms with Crippen LogP contribution in [-0.2, 0) is 10.8 Å². The number of benzene rings is 1. The maximum Gasteiger partial charge on any atom is 0.179 e. The third kappa shape index (κ3) is 4.26. The first-order valence-corrected chi connectivity index (χ1v) is 7.58. The molecule has 0 amide bonds. The number of hydrogen-bond donors (Lipinski definition) is 0. The number of rotatable bonds is 7. The Morgan fingerprint density at radius 2 is 2.06 bits per heavy atom. The lowest BCUT2D eigenvalue weighted by Gasteiger charge is -2.09. The minimum atomic E-state index is -1.10. The lowest BCUT2D eigenvalue weighted by molar-refractivity contribution is 0.101. The second kappa shape index (κ2) is 7.31. The van der Waals surface area contributed by atoms with Crippen LogP contribution in [0.5, 0.6) is 5.75 Å². The van der Waals surface area contributed by atoms with E-state index < -0.39 is 10.8 Å². The largest absolute Gasteiger partial charge is 0.496 e. The van der Waals surface area contributed by atoms with Crippen molar-refractivity contribution >= 4 is 16.6 Å². The Balaban J connectivity index is 2.68. The quantitative estimate of drug-likeness (QED) is 0.714. The summed E-state index contributed by atoms with van der Waals surface area (Å²) in [6.45, 7) is 4.11. The number of Topliss-reactive ketones (excluding diaryl/α,β-unsaturated/α-hetero) is 1. The smallest absolute Gasteiger partial charge is 0.179 e. The second-order valence-corrected chi connectivity index (χ2v) is 5.89. The van der Waals surface area contributed by atoms with Crippen LogP contribution in [-0.4, -0.2) is 28.6 Å². The van der Waals surface area contributed by atoms with Crippen LogP contribution in [0.2, 0.25) is 0 Å². The van der Waals surface area contributed by atoms with Crippen LogP contribution in [0.25, 0.3) is 0 Å². The molecule has 0 aliphatic rings. The highest BCUT2D eigenvalue weighted by molar-refractivity contribution is 7.85. The average molecular weight is 268 g/mol. The molecular weight excluding hydrogens is 248 g/mol. The van der Waals surface area contributed by atoms with Gasteiger partial charge < -0.3 is 4.74 Å². The molecule has 1 rings (SSSR count). The highest BCUT2D eigenvalue weighted by atomic mass is 32.2. The van der Waals surface area contributed by atoms with Gasteiger partial charge in [0.25, 0.3) is 0 Å². The van der Waals surface area contributed by atoms with Gasteiger partial charge in [-0.2, -0.15) is 0 Å². The van der Waals surface area contributed by atoms with E-state index >= 15 is 0 Å². The Bertz CT molecular complexity index is 429. The van der Waals surface area contributed by atoms with Gasteiger partial charge in [0.1, 0.15) is 5.75 Å². The number of ether oxygens (including phenoxy) is 1. The molecule has 0 N–H and O–H groups in total. The number of carbonyl (C=O) groups excluding carboxylic acids is 1. The summed E-state index contributed by atoms with van der Waals surface area (Å²) in [6.07, 6.45) is 0.981. The molecule has 0 saturated heterocycles. The van der Waals surface area contributed by atoms with Crippen molar-refractivity contribution in [2.75, 3.05) is 18.6 Å². The molecule has 2 atom stereocenters. The first kappa shape index (κ1) is 14.9. The summed E-state index contributed by atoms with van der Waals surface area (Å²) in [4.78, 5) is 12.0. The number of methoxy groups -OCH3 is 1. The van der Waals surface area contributed by atoms with Crippen molar-refractivity contribution in [1.29, 1.82) is 0 Å². The van der Waals surface area contributed by atoms with Crippen molar-refractivity contribution in [2.45, 2.75) is 20.3 Å². The predicted octanol–water partition coefficient (Wildman–Crippen LogP) is 2.67. The molecule has 0 fully saturated rings. The van der Waals surface area contributed by atoms with Gasteiger partial charge in [0.05, 0.1) is 18.4 Å². The Morgan fingerprint density at radius 1 is 1.39 bits per heavy atom. The molecule has 100 valence electrons. The van der Waals surface area contributed by atoms with Crippen LogP contribution in [0, 0.1) is 5.92 Å². The Hall–Kier alpha value is -1.16. The summed E-state index contributed by atoms with van der Waals surface area (Å²) < 4.78 is 17.0. The molecule has 2 unspecified atom stereocenters. The maximum atomic E-state index is 12.0. The third-order valence-electron chi connectivity index (χ3n) is 2.87. The van der Waals surface area contributed by atoms with Crippen molar-refractivity contribution in [3.63, 3.8) is 0 Å². The molecule has 0 heterocycles. The molecule has 0 bridgehead atoms. The highest BCUT2D eigenvalue weighted by Gasteiger charge is 2.15. The van der Waals surface area contributed by atoms with Crippen molar-refractivity contribution in [3.8, 4) is 5.75 Å². The van der Waals surface area contributed by atoms with E-state index in [-0.39, 0.29) is 11.5 Å². The van der Waals surface area contributed by atoms with Gasteiger partial charge in [-0.05, 0) is 18.1 Å². The molecular formula is C14H20O3S. The van der Waals surface area contributed by atoms with E-state index in [1.165, 1.54) is 7.11 Å². The lowest BCUT2D eigenvalue weighted by atomic mass is 10.1. The SMILES string of the molecule is CCC(C)CS(=O)CC(=O)c1ccccc1OC. The molecule has 0 spiro atoms. The van der Waals surface area contributed by atoms with Crippen LogP contribution in [0.4, 0.5) is 0 Å². The highest BCUT2D eigenvalue weighted by Crippen LogP contribution is 2.18. The first-order valence-electron chi connectivity index (χ1n) is 6.09. The van der Waals surface area contributed by atoms with Crippen LogP contribution in [0.15, 0.2) is 24.3 Å². The van der Waals surface area contributed by atoms with E-state index in [2.05, 4.69) is 6.92 Å². The topological polar surface area (TPSA) is 43.4 Å². The van der Waals surface area contributed by atoms with Gasteiger partial charge in [-0.1, -0.05) is 32.4 Å². The zero-order valence-electron chi connectivity index (χ0n) is 11.1. The minimum Gasteiger partial charge on any atom is -0.496 e. The molecule has 0 aromatic heterocycles. The lowest BCUT2D eigenvalue weighted by Crippen LogP contribution is -2.17. The van der Waals surface area contributed by atoms with Gasteiger partial charge >= 0.3 is 0 Å². The van der Waals surface area contributed by atoms with E-state index in [9.17, 15) is 9.00 Å². The van der Waals surface area contributed by atoms with Crippen LogP contribution >= 0.6 is 0 Å². The van der Waals surface area contributed by atoms with Gasteiger partial charge in [-0.3, -0.25) is 9.00 Å². The van der Waals surface area contributed by atoms with Crippen molar-refractivity contribution in [2.24, 2.45) is 5.92 Å². The summed E-state index contributed by atoms with van der Waals surface area (Å²) in [5.41, 5.74) is 0.512. The zero-order valence-corrected chi connectivity index (χ0v) is 12.0. The molecule has 0 saturated carbocycles. The van der Waals surface area contributed by atoms with Crippen molar-refractivity contribution < 1.29 is 13.7 Å². The normalized spacial score (nSPS) is 13.9.